The minimum absolute atomic E-state index is 0.0795. The molecule has 4 heterocycles. The maximum Gasteiger partial charge on any atom is 0.249 e. The van der Waals surface area contributed by atoms with Gasteiger partial charge in [0.15, 0.2) is 0 Å². The number of nitrogens with one attached hydrogen (secondary N) is 2. The molecule has 0 saturated carbocycles. The Hall–Kier alpha value is -5.81. The second-order valence-corrected chi connectivity index (χ2v) is 21.7. The van der Waals surface area contributed by atoms with Gasteiger partial charge >= 0.3 is 0 Å². The monoisotopic (exact) mass is 1010 g/mol. The summed E-state index contributed by atoms with van der Waals surface area (Å²) in [5.74, 6) is -0.317. The van der Waals surface area contributed by atoms with E-state index in [0.29, 0.717) is 57.3 Å². The average Bonchev–Trinajstić information content (AvgIpc) is 4.13. The lowest BCUT2D eigenvalue weighted by atomic mass is 9.86. The molecule has 13 nitrogen and oxygen atoms in total. The lowest BCUT2D eigenvalue weighted by molar-refractivity contribution is -0.141. The summed E-state index contributed by atoms with van der Waals surface area (Å²) in [6.45, 7) is 17.3. The number of aliphatic imine (C=N–C) groups is 1. The van der Waals surface area contributed by atoms with Crippen LogP contribution in [0.1, 0.15) is 106 Å². The SMILES string of the molecule is CC1=NCC(C)=C1c1cc(C(N)=O)c2c3cc(OCCCCOCCCOSN[C@H](C(=O)N4C[C@H](O)CC4C(=O)NC(C)c4ccc(-c5sccc5C)cc4)C(C)(C)C)ccc3n(Cc3ccccc3)c2c1. The molecule has 380 valence electrons. The molecule has 0 aliphatic carbocycles. The zero-order chi connectivity index (χ0) is 51.1. The number of allylic oxidation sites excluding steroid dienone is 1. The third-order valence-corrected chi connectivity index (χ3v) is 15.3. The van der Waals surface area contributed by atoms with E-state index >= 15 is 0 Å². The highest BCUT2D eigenvalue weighted by Gasteiger charge is 2.44. The van der Waals surface area contributed by atoms with E-state index < -0.39 is 29.5 Å². The van der Waals surface area contributed by atoms with Gasteiger partial charge < -0.3 is 39.3 Å². The number of carbonyl (C=O) groups excluding carboxylic acids is 3. The average molecular weight is 1010 g/mol. The molecule has 4 atom stereocenters. The van der Waals surface area contributed by atoms with Crippen molar-refractivity contribution in [2.45, 2.75) is 105 Å². The smallest absolute Gasteiger partial charge is 0.249 e. The number of likely N-dealkylation sites (tertiary alicyclic amines) is 1. The van der Waals surface area contributed by atoms with Gasteiger partial charge in [0, 0.05) is 70.7 Å². The number of primary amides is 1. The highest BCUT2D eigenvalue weighted by molar-refractivity contribution is 7.92. The number of hydrogen-bond acceptors (Lipinski definition) is 11. The first-order valence-electron chi connectivity index (χ1n) is 24.9. The summed E-state index contributed by atoms with van der Waals surface area (Å²) in [6, 6.07) is 29.0. The Balaban J connectivity index is 0.781. The van der Waals surface area contributed by atoms with Crippen molar-refractivity contribution in [1.29, 1.82) is 0 Å². The fraction of sp³-hybridized carbons (Fsp3) is 0.404. The van der Waals surface area contributed by atoms with Gasteiger partial charge in [-0.25, -0.2) is 4.72 Å². The fourth-order valence-electron chi connectivity index (χ4n) is 9.72. The van der Waals surface area contributed by atoms with Crippen LogP contribution in [-0.2, 0) is 25.1 Å². The van der Waals surface area contributed by atoms with Gasteiger partial charge in [-0.05, 0) is 128 Å². The Morgan fingerprint density at radius 2 is 1.65 bits per heavy atom. The highest BCUT2D eigenvalue weighted by Crippen LogP contribution is 2.39. The van der Waals surface area contributed by atoms with Crippen LogP contribution in [0.25, 0.3) is 37.8 Å². The first-order valence-corrected chi connectivity index (χ1v) is 26.5. The maximum absolute atomic E-state index is 14.1. The third-order valence-electron chi connectivity index (χ3n) is 13.6. The summed E-state index contributed by atoms with van der Waals surface area (Å²) in [6.07, 6.45) is 1.63. The summed E-state index contributed by atoms with van der Waals surface area (Å²) < 4.78 is 23.4. The number of aryl methyl sites for hydroxylation is 1. The molecule has 2 aliphatic heterocycles. The number of fused-ring (bicyclic) bond motifs is 3. The van der Waals surface area contributed by atoms with Gasteiger partial charge in [0.2, 0.25) is 17.7 Å². The Morgan fingerprint density at radius 3 is 2.35 bits per heavy atom. The second kappa shape index (κ2) is 23.4. The van der Waals surface area contributed by atoms with Crippen molar-refractivity contribution in [3.05, 3.63) is 130 Å². The quantitative estimate of drug-likeness (QED) is 0.0294. The number of thiophene rings is 1. The summed E-state index contributed by atoms with van der Waals surface area (Å²) in [5, 5.41) is 17.6. The predicted molar refractivity (Wildman–Crippen MR) is 291 cm³/mol. The van der Waals surface area contributed by atoms with Crippen molar-refractivity contribution in [3.8, 4) is 16.2 Å². The van der Waals surface area contributed by atoms with E-state index in [1.807, 2.05) is 83.1 Å². The van der Waals surface area contributed by atoms with Crippen molar-refractivity contribution < 1.29 is 33.1 Å². The largest absolute Gasteiger partial charge is 0.494 e. The van der Waals surface area contributed by atoms with E-state index in [1.54, 1.807) is 11.3 Å². The zero-order valence-corrected chi connectivity index (χ0v) is 44.1. The van der Waals surface area contributed by atoms with Crippen LogP contribution in [0, 0.1) is 12.3 Å². The molecule has 5 N–H and O–H groups in total. The van der Waals surface area contributed by atoms with Crippen LogP contribution in [0.3, 0.4) is 0 Å². The van der Waals surface area contributed by atoms with Crippen molar-refractivity contribution >= 4 is 74.4 Å². The van der Waals surface area contributed by atoms with Crippen molar-refractivity contribution in [1.82, 2.24) is 19.5 Å². The molecule has 15 heteroatoms. The predicted octanol–water partition coefficient (Wildman–Crippen LogP) is 10.2. The van der Waals surface area contributed by atoms with Gasteiger partial charge in [-0.3, -0.25) is 19.4 Å². The number of rotatable bonds is 22. The van der Waals surface area contributed by atoms with E-state index in [0.717, 1.165) is 80.4 Å². The molecular weight excluding hydrogens is 945 g/mol. The zero-order valence-electron chi connectivity index (χ0n) is 42.5. The number of ether oxygens (including phenoxy) is 2. The van der Waals surface area contributed by atoms with Gasteiger partial charge in [-0.1, -0.05) is 75.4 Å². The second-order valence-electron chi connectivity index (χ2n) is 20.1. The van der Waals surface area contributed by atoms with Crippen LogP contribution in [0.15, 0.2) is 107 Å². The minimum Gasteiger partial charge on any atom is -0.494 e. The number of aliphatic hydroxyl groups excluding tert-OH is 1. The number of aromatic nitrogens is 1. The van der Waals surface area contributed by atoms with E-state index in [1.165, 1.54) is 20.9 Å². The molecule has 0 radical (unpaired) electrons. The number of hydrogen-bond donors (Lipinski definition) is 4. The molecule has 72 heavy (non-hydrogen) atoms. The molecule has 2 aromatic heterocycles. The van der Waals surface area contributed by atoms with Crippen LogP contribution in [0.4, 0.5) is 0 Å². The minimum atomic E-state index is -0.801. The number of carbonyl (C=O) groups is 3. The molecule has 1 fully saturated rings. The third kappa shape index (κ3) is 12.2. The van der Waals surface area contributed by atoms with E-state index in [4.69, 9.17) is 19.4 Å². The molecule has 8 rings (SSSR count). The Kier molecular flexibility index (Phi) is 17.1. The molecule has 2 aliphatic rings. The molecule has 2 unspecified atom stereocenters. The van der Waals surface area contributed by atoms with Gasteiger partial charge in [-0.15, -0.1) is 11.3 Å². The first-order chi connectivity index (χ1) is 34.6. The van der Waals surface area contributed by atoms with Gasteiger partial charge in [0.25, 0.3) is 0 Å². The molecular formula is C57H68N6O7S2. The standard InChI is InChI=1S/C57H68N6O7S2/c1-35-22-27-71-52(35)41-18-16-40(17-19-41)37(3)60-55(66)49-30-43(64)34-63(49)56(67)53(57(5,6)7)61-72-70-26-13-24-68-23-11-12-25-69-44-20-21-47-45(31-44)51-46(54(58)65)28-42(50-36(2)32-59-38(50)4)29-48(51)62(47)33-39-14-9-8-10-15-39/h8-10,14-22,27-29,31,37,43,49,53,61,64H,11-13,23-26,30,32-34H2,1-7H3,(H2,58,65)(H,60,66)/t37?,43-,49?,53-/m1/s1. The van der Waals surface area contributed by atoms with E-state index in [9.17, 15) is 19.5 Å². The maximum atomic E-state index is 14.1. The molecule has 6 aromatic rings. The van der Waals surface area contributed by atoms with Crippen molar-refractivity contribution in [2.75, 3.05) is 39.5 Å². The first kappa shape index (κ1) is 52.5. The molecule has 0 spiro atoms. The number of unbranched alkanes of at least 4 members (excludes halogenated alkanes) is 1. The van der Waals surface area contributed by atoms with Gasteiger partial charge in [0.1, 0.15) is 17.8 Å². The Bertz CT molecular complexity index is 2960. The summed E-state index contributed by atoms with van der Waals surface area (Å²) in [5.41, 5.74) is 16.6. The number of nitrogens with two attached hydrogens (primary N) is 1. The number of β-amino-alcohol motifs (C(OH)–C–C–N with tert-alkyl or cyclic N) is 1. The number of amides is 3. The van der Waals surface area contributed by atoms with Crippen LogP contribution in [0.2, 0.25) is 0 Å². The van der Waals surface area contributed by atoms with Crippen molar-refractivity contribution in [2.24, 2.45) is 16.1 Å². The Morgan fingerprint density at radius 1 is 0.903 bits per heavy atom. The molecule has 4 aromatic carbocycles. The number of aliphatic hydroxyl groups is 1. The van der Waals surface area contributed by atoms with E-state index in [2.05, 4.69) is 81.3 Å². The summed E-state index contributed by atoms with van der Waals surface area (Å²) >= 11 is 2.72. The van der Waals surface area contributed by atoms with Crippen LogP contribution < -0.4 is 20.5 Å². The summed E-state index contributed by atoms with van der Waals surface area (Å²) in [7, 11) is 0. The van der Waals surface area contributed by atoms with Crippen LogP contribution in [0.5, 0.6) is 5.75 Å². The van der Waals surface area contributed by atoms with Crippen molar-refractivity contribution in [3.63, 3.8) is 0 Å². The normalized spacial score (nSPS) is 16.9. The molecule has 3 amide bonds. The number of benzene rings is 4. The summed E-state index contributed by atoms with van der Waals surface area (Å²) in [4.78, 5) is 48.3. The topological polar surface area (TPSA) is 170 Å². The fourth-order valence-corrected chi connectivity index (χ4v) is 11.5. The lowest BCUT2D eigenvalue weighted by Gasteiger charge is -2.35. The lowest BCUT2D eigenvalue weighted by Crippen LogP contribution is -2.55. The highest BCUT2D eigenvalue weighted by atomic mass is 32.2. The van der Waals surface area contributed by atoms with Gasteiger partial charge in [-0.2, -0.15) is 0 Å². The number of nitrogens with zero attached hydrogens (tertiary/aromatic N) is 3. The van der Waals surface area contributed by atoms with Crippen LogP contribution >= 0.6 is 23.6 Å². The molecule has 0 bridgehead atoms. The van der Waals surface area contributed by atoms with Gasteiger partial charge in [0.05, 0.1) is 49.6 Å². The molecule has 1 saturated heterocycles. The van der Waals surface area contributed by atoms with E-state index in [-0.39, 0.29) is 30.8 Å². The van der Waals surface area contributed by atoms with Crippen LogP contribution in [-0.4, -0.2) is 95.7 Å². The Labute approximate surface area is 431 Å².